The molecule has 0 radical (unpaired) electrons. The van der Waals surface area contributed by atoms with Gasteiger partial charge in [-0.15, -0.1) is 0 Å². The van der Waals surface area contributed by atoms with Gasteiger partial charge in [0.25, 0.3) is 0 Å². The summed E-state index contributed by atoms with van der Waals surface area (Å²) in [4.78, 5) is 15.1. The number of nitrogens with one attached hydrogen (secondary N) is 1. The fraction of sp³-hybridized carbons (Fsp3) is 0.278. The van der Waals surface area contributed by atoms with Crippen LogP contribution in [0.5, 0.6) is 0 Å². The lowest BCUT2D eigenvalue weighted by molar-refractivity contribution is 0.223. The van der Waals surface area contributed by atoms with Crippen molar-refractivity contribution in [2.45, 2.75) is 26.4 Å². The maximum Gasteiger partial charge on any atom is 0.232 e. The zero-order chi connectivity index (χ0) is 17.8. The first-order valence-electron chi connectivity index (χ1n) is 8.10. The lowest BCUT2D eigenvalue weighted by Gasteiger charge is -2.22. The van der Waals surface area contributed by atoms with E-state index in [1.807, 2.05) is 63.4 Å². The Morgan fingerprint density at radius 3 is 2.56 bits per heavy atom. The molecular weight excluding hydrogens is 316 g/mol. The molecule has 0 saturated heterocycles. The molecule has 0 amide bonds. The minimum atomic E-state index is -0.0490. The molecule has 0 aliphatic heterocycles. The maximum absolute atomic E-state index is 5.87. The van der Waals surface area contributed by atoms with Crippen LogP contribution in [0.15, 0.2) is 46.9 Å². The van der Waals surface area contributed by atoms with Crippen LogP contribution in [0.1, 0.15) is 30.3 Å². The third-order valence-corrected chi connectivity index (χ3v) is 3.94. The van der Waals surface area contributed by atoms with E-state index in [2.05, 4.69) is 25.2 Å². The van der Waals surface area contributed by atoms with Crippen LogP contribution < -0.4 is 11.1 Å². The highest BCUT2D eigenvalue weighted by atomic mass is 16.3. The molecular formula is C18H22N6O. The van der Waals surface area contributed by atoms with E-state index in [1.165, 1.54) is 0 Å². The molecule has 2 heterocycles. The van der Waals surface area contributed by atoms with Crippen molar-refractivity contribution in [3.8, 4) is 0 Å². The number of furan rings is 1. The van der Waals surface area contributed by atoms with E-state index < -0.39 is 0 Å². The quantitative estimate of drug-likeness (QED) is 0.712. The van der Waals surface area contributed by atoms with Gasteiger partial charge >= 0.3 is 0 Å². The Bertz CT molecular complexity index is 833. The second-order valence-electron chi connectivity index (χ2n) is 5.97. The first-order chi connectivity index (χ1) is 12.0. The largest absolute Gasteiger partial charge is 0.465 e. The number of hydrogen-bond acceptors (Lipinski definition) is 7. The van der Waals surface area contributed by atoms with Gasteiger partial charge in [0.1, 0.15) is 11.5 Å². The van der Waals surface area contributed by atoms with Crippen molar-refractivity contribution in [1.29, 1.82) is 0 Å². The zero-order valence-electron chi connectivity index (χ0n) is 14.6. The number of benzene rings is 1. The molecule has 0 aliphatic carbocycles. The fourth-order valence-electron chi connectivity index (χ4n) is 2.45. The lowest BCUT2D eigenvalue weighted by Crippen LogP contribution is -2.24. The molecule has 0 fully saturated rings. The number of hydrogen-bond donors (Lipinski definition) is 2. The first-order valence-corrected chi connectivity index (χ1v) is 8.10. The number of nitrogens with zero attached hydrogens (tertiary/aromatic N) is 4. The number of aromatic nitrogens is 3. The summed E-state index contributed by atoms with van der Waals surface area (Å²) >= 11 is 0. The number of aryl methyl sites for hydroxylation is 1. The van der Waals surface area contributed by atoms with Crippen molar-refractivity contribution in [2.75, 3.05) is 18.1 Å². The van der Waals surface area contributed by atoms with E-state index in [1.54, 1.807) is 0 Å². The Balaban J connectivity index is 1.76. The fourth-order valence-corrected chi connectivity index (χ4v) is 2.45. The molecule has 0 aliphatic rings. The average Bonchev–Trinajstić information content (AvgIpc) is 2.99. The van der Waals surface area contributed by atoms with Gasteiger partial charge in [0.05, 0.1) is 12.6 Å². The van der Waals surface area contributed by atoms with Crippen LogP contribution in [0, 0.1) is 6.92 Å². The van der Waals surface area contributed by atoms with Gasteiger partial charge in [-0.2, -0.15) is 15.0 Å². The Morgan fingerprint density at radius 2 is 1.88 bits per heavy atom. The first kappa shape index (κ1) is 16.9. The maximum atomic E-state index is 5.87. The molecule has 0 saturated carbocycles. The molecule has 130 valence electrons. The highest BCUT2D eigenvalue weighted by molar-refractivity contribution is 5.53. The van der Waals surface area contributed by atoms with Crippen LogP contribution in [0.3, 0.4) is 0 Å². The predicted octanol–water partition coefficient (Wildman–Crippen LogP) is 3.29. The van der Waals surface area contributed by atoms with E-state index in [-0.39, 0.29) is 12.0 Å². The summed E-state index contributed by atoms with van der Waals surface area (Å²) in [5.41, 5.74) is 6.76. The van der Waals surface area contributed by atoms with Crippen molar-refractivity contribution >= 4 is 17.6 Å². The van der Waals surface area contributed by atoms with Gasteiger partial charge in [0.2, 0.25) is 11.9 Å². The van der Waals surface area contributed by atoms with Gasteiger partial charge < -0.3 is 15.5 Å². The van der Waals surface area contributed by atoms with Crippen LogP contribution in [-0.4, -0.2) is 26.9 Å². The zero-order valence-corrected chi connectivity index (χ0v) is 14.6. The van der Waals surface area contributed by atoms with E-state index in [9.17, 15) is 0 Å². The second-order valence-corrected chi connectivity index (χ2v) is 5.97. The predicted molar refractivity (Wildman–Crippen MR) is 97.3 cm³/mol. The highest BCUT2D eigenvalue weighted by Crippen LogP contribution is 2.21. The average molecular weight is 338 g/mol. The van der Waals surface area contributed by atoms with Crippen molar-refractivity contribution in [3.05, 3.63) is 59.8 Å². The third kappa shape index (κ3) is 4.33. The van der Waals surface area contributed by atoms with E-state index in [0.717, 1.165) is 17.2 Å². The summed E-state index contributed by atoms with van der Waals surface area (Å²) in [6.45, 7) is 4.61. The van der Waals surface area contributed by atoms with E-state index in [4.69, 9.17) is 10.2 Å². The van der Waals surface area contributed by atoms with Crippen molar-refractivity contribution in [1.82, 2.24) is 19.9 Å². The monoisotopic (exact) mass is 338 g/mol. The van der Waals surface area contributed by atoms with Crippen LogP contribution in [0.2, 0.25) is 0 Å². The Hall–Kier alpha value is -2.93. The van der Waals surface area contributed by atoms with Gasteiger partial charge in [-0.3, -0.25) is 4.90 Å². The van der Waals surface area contributed by atoms with Gasteiger partial charge in [-0.05, 0) is 45.2 Å². The number of para-hydroxylation sites is 1. The molecule has 1 unspecified atom stereocenters. The van der Waals surface area contributed by atoms with E-state index in [0.29, 0.717) is 18.3 Å². The lowest BCUT2D eigenvalue weighted by atomic mass is 10.2. The standard InChI is InChI=1S/C18H22N6O/c1-12-9-10-15(25-12)11-24(3)13(2)16-21-17(19)23-18(22-16)20-14-7-5-4-6-8-14/h4-10,13H,11H2,1-3H3,(H3,19,20,21,22,23). The Morgan fingerprint density at radius 1 is 1.12 bits per heavy atom. The highest BCUT2D eigenvalue weighted by Gasteiger charge is 2.18. The van der Waals surface area contributed by atoms with Crippen molar-refractivity contribution in [2.24, 2.45) is 0 Å². The molecule has 7 heteroatoms. The molecule has 7 nitrogen and oxygen atoms in total. The van der Waals surface area contributed by atoms with Gasteiger partial charge in [-0.1, -0.05) is 18.2 Å². The molecule has 1 aromatic carbocycles. The molecule has 0 spiro atoms. The van der Waals surface area contributed by atoms with Crippen molar-refractivity contribution < 1.29 is 4.42 Å². The SMILES string of the molecule is Cc1ccc(CN(C)C(C)c2nc(N)nc(Nc3ccccc3)n2)o1. The van der Waals surface area contributed by atoms with Gasteiger partial charge in [0.15, 0.2) is 5.82 Å². The summed E-state index contributed by atoms with van der Waals surface area (Å²) in [6.07, 6.45) is 0. The van der Waals surface area contributed by atoms with Crippen LogP contribution in [0.4, 0.5) is 17.6 Å². The number of rotatable bonds is 6. The smallest absolute Gasteiger partial charge is 0.232 e. The summed E-state index contributed by atoms with van der Waals surface area (Å²) in [6, 6.07) is 13.6. The topological polar surface area (TPSA) is 93.1 Å². The van der Waals surface area contributed by atoms with Gasteiger partial charge in [-0.25, -0.2) is 0 Å². The number of nitrogens with two attached hydrogens (primary N) is 1. The number of nitrogen functional groups attached to an aromatic ring is 1. The molecule has 1 atom stereocenters. The Labute approximate surface area is 146 Å². The normalized spacial score (nSPS) is 12.3. The summed E-state index contributed by atoms with van der Waals surface area (Å²) in [5.74, 6) is 3.03. The van der Waals surface area contributed by atoms with Gasteiger partial charge in [0, 0.05) is 5.69 Å². The molecule has 3 aromatic rings. The van der Waals surface area contributed by atoms with Crippen LogP contribution in [0.25, 0.3) is 0 Å². The number of anilines is 3. The van der Waals surface area contributed by atoms with Crippen LogP contribution in [-0.2, 0) is 6.54 Å². The molecule has 3 rings (SSSR count). The van der Waals surface area contributed by atoms with E-state index >= 15 is 0 Å². The third-order valence-electron chi connectivity index (χ3n) is 3.94. The molecule has 25 heavy (non-hydrogen) atoms. The Kier molecular flexibility index (Phi) is 4.95. The summed E-state index contributed by atoms with van der Waals surface area (Å²) < 4.78 is 5.63. The van der Waals surface area contributed by atoms with Crippen molar-refractivity contribution in [3.63, 3.8) is 0 Å². The minimum absolute atomic E-state index is 0.0490. The summed E-state index contributed by atoms with van der Waals surface area (Å²) in [7, 11) is 1.99. The summed E-state index contributed by atoms with van der Waals surface area (Å²) in [5, 5.41) is 3.15. The molecule has 2 aromatic heterocycles. The molecule has 0 bridgehead atoms. The second kappa shape index (κ2) is 7.31. The molecule has 3 N–H and O–H groups in total. The van der Waals surface area contributed by atoms with Crippen LogP contribution >= 0.6 is 0 Å². The minimum Gasteiger partial charge on any atom is -0.465 e.